The lowest BCUT2D eigenvalue weighted by molar-refractivity contribution is -0.120. The average molecular weight is 358 g/mol. The normalized spacial score (nSPS) is 16.0. The van der Waals surface area contributed by atoms with Gasteiger partial charge in [-0.05, 0) is 68.7 Å². The lowest BCUT2D eigenvalue weighted by Crippen LogP contribution is -2.30. The first-order chi connectivity index (χ1) is 12.6. The van der Waals surface area contributed by atoms with Crippen LogP contribution in [0.3, 0.4) is 0 Å². The molecule has 6 nitrogen and oxygen atoms in total. The maximum absolute atomic E-state index is 12.0. The minimum atomic E-state index is -0.101. The van der Waals surface area contributed by atoms with Crippen LogP contribution in [0.4, 0.5) is 0 Å². The van der Waals surface area contributed by atoms with Gasteiger partial charge in [-0.3, -0.25) is 4.79 Å². The molecule has 1 heterocycles. The van der Waals surface area contributed by atoms with E-state index in [2.05, 4.69) is 10.2 Å². The Balaban J connectivity index is 1.74. The summed E-state index contributed by atoms with van der Waals surface area (Å²) in [5.41, 5.74) is 6.81. The van der Waals surface area contributed by atoms with Gasteiger partial charge >= 0.3 is 0 Å². The van der Waals surface area contributed by atoms with E-state index in [1.54, 1.807) is 31.4 Å². The fraction of sp³-hybridized carbons (Fsp3) is 0.500. The molecule has 0 atom stereocenters. The number of benzene rings is 1. The van der Waals surface area contributed by atoms with Gasteiger partial charge in [0.05, 0.1) is 12.8 Å². The highest BCUT2D eigenvalue weighted by Gasteiger charge is 2.10. The Morgan fingerprint density at radius 3 is 2.50 bits per heavy atom. The molecule has 6 heteroatoms. The van der Waals surface area contributed by atoms with Gasteiger partial charge in [-0.25, -0.2) is 0 Å². The molecule has 26 heavy (non-hydrogen) atoms. The summed E-state index contributed by atoms with van der Waals surface area (Å²) in [5.74, 6) is 0.831. The maximum atomic E-state index is 12.0. The van der Waals surface area contributed by atoms with Crippen molar-refractivity contribution in [3.05, 3.63) is 41.7 Å². The van der Waals surface area contributed by atoms with Gasteiger partial charge < -0.3 is 26.1 Å². The molecule has 1 fully saturated rings. The summed E-state index contributed by atoms with van der Waals surface area (Å²) in [6.07, 6.45) is 7.89. The van der Waals surface area contributed by atoms with Crippen LogP contribution in [0.25, 0.3) is 0 Å². The Morgan fingerprint density at radius 2 is 1.88 bits per heavy atom. The van der Waals surface area contributed by atoms with Crippen molar-refractivity contribution in [2.45, 2.75) is 38.5 Å². The van der Waals surface area contributed by atoms with Crippen molar-refractivity contribution in [1.82, 2.24) is 10.2 Å². The number of likely N-dealkylation sites (tertiary alicyclic amines) is 1. The van der Waals surface area contributed by atoms with Gasteiger partial charge in [0.1, 0.15) is 11.6 Å². The van der Waals surface area contributed by atoms with Gasteiger partial charge in [0.2, 0.25) is 5.91 Å². The van der Waals surface area contributed by atoms with Crippen LogP contribution < -0.4 is 15.8 Å². The zero-order chi connectivity index (χ0) is 18.8. The van der Waals surface area contributed by atoms with E-state index in [4.69, 9.17) is 15.9 Å². The maximum Gasteiger partial charge on any atom is 0.225 e. The molecule has 0 saturated carbocycles. The van der Waals surface area contributed by atoms with Gasteiger partial charge in [0.15, 0.2) is 0 Å². The Hall–Kier alpha value is -2.34. The van der Waals surface area contributed by atoms with Crippen LogP contribution in [-0.4, -0.2) is 43.3 Å². The molecular weight excluding hydrogens is 328 g/mol. The van der Waals surface area contributed by atoms with E-state index in [1.807, 2.05) is 0 Å². The van der Waals surface area contributed by atoms with Crippen molar-refractivity contribution in [3.63, 3.8) is 0 Å². The molecule has 1 aromatic carbocycles. The van der Waals surface area contributed by atoms with Crippen LogP contribution in [0.1, 0.15) is 44.1 Å². The molecule has 1 saturated heterocycles. The van der Waals surface area contributed by atoms with Crippen molar-refractivity contribution in [2.75, 3.05) is 26.7 Å². The first-order valence-corrected chi connectivity index (χ1v) is 9.31. The molecule has 4 N–H and O–H groups in total. The zero-order valence-corrected chi connectivity index (χ0v) is 15.6. The van der Waals surface area contributed by atoms with Gasteiger partial charge in [0.25, 0.3) is 0 Å². The zero-order valence-electron chi connectivity index (χ0n) is 15.6. The highest BCUT2D eigenvalue weighted by molar-refractivity contribution is 6.07. The van der Waals surface area contributed by atoms with Crippen LogP contribution >= 0.6 is 0 Å². The first kappa shape index (κ1) is 20.0. The summed E-state index contributed by atoms with van der Waals surface area (Å²) < 4.78 is 5.10. The number of methoxy groups -OCH3 is 1. The van der Waals surface area contributed by atoms with Gasteiger partial charge in [-0.15, -0.1) is 0 Å². The Morgan fingerprint density at radius 1 is 1.23 bits per heavy atom. The lowest BCUT2D eigenvalue weighted by Gasteiger charge is -2.19. The number of carbonyl (C=O) groups is 1. The number of allylic oxidation sites excluding steroid dienone is 1. The van der Waals surface area contributed by atoms with Crippen molar-refractivity contribution >= 4 is 11.6 Å². The molecular formula is C20H30N4O2. The highest BCUT2D eigenvalue weighted by Crippen LogP contribution is 2.12. The van der Waals surface area contributed by atoms with E-state index in [-0.39, 0.29) is 17.4 Å². The molecule has 142 valence electrons. The number of amides is 1. The topological polar surface area (TPSA) is 91.4 Å². The van der Waals surface area contributed by atoms with Crippen LogP contribution in [0.5, 0.6) is 5.75 Å². The third-order valence-electron chi connectivity index (χ3n) is 4.56. The SMILES string of the molecule is COc1ccc(C(=N)/C=C(\N)NC(=O)CCCN2CCCCCC2)cc1. The lowest BCUT2D eigenvalue weighted by atomic mass is 10.1. The standard InChI is InChI=1S/C20H30N4O2/c1-26-17-10-8-16(9-11-17)18(21)15-19(22)23-20(25)7-6-14-24-12-4-2-3-5-13-24/h8-11,15,21H,2-7,12-14,22H2,1H3,(H,23,25)/b19-15+,21-18?. The van der Waals surface area contributed by atoms with Gasteiger partial charge in [0, 0.05) is 12.5 Å². The van der Waals surface area contributed by atoms with Crippen molar-refractivity contribution < 1.29 is 9.53 Å². The molecule has 0 radical (unpaired) electrons. The summed E-state index contributed by atoms with van der Waals surface area (Å²) in [6.45, 7) is 3.24. The fourth-order valence-corrected chi connectivity index (χ4v) is 3.09. The summed E-state index contributed by atoms with van der Waals surface area (Å²) in [7, 11) is 1.60. The monoisotopic (exact) mass is 358 g/mol. The predicted octanol–water partition coefficient (Wildman–Crippen LogP) is 2.64. The number of nitrogens with two attached hydrogens (primary N) is 1. The molecule has 1 aromatic rings. The first-order valence-electron chi connectivity index (χ1n) is 9.31. The number of hydrogen-bond donors (Lipinski definition) is 3. The van der Waals surface area contributed by atoms with Crippen LogP contribution in [0, 0.1) is 5.41 Å². The van der Waals surface area contributed by atoms with Crippen LogP contribution in [-0.2, 0) is 4.79 Å². The number of ether oxygens (including phenoxy) is 1. The fourth-order valence-electron chi connectivity index (χ4n) is 3.09. The Bertz CT molecular complexity index is 617. The molecule has 1 aliphatic rings. The summed E-state index contributed by atoms with van der Waals surface area (Å²) in [6, 6.07) is 7.15. The second-order valence-electron chi connectivity index (χ2n) is 6.65. The molecule has 1 amide bonds. The number of carbonyl (C=O) groups excluding carboxylic acids is 1. The van der Waals surface area contributed by atoms with Crippen molar-refractivity contribution in [3.8, 4) is 5.75 Å². The number of rotatable bonds is 8. The van der Waals surface area contributed by atoms with Gasteiger partial charge in [-0.1, -0.05) is 12.8 Å². The van der Waals surface area contributed by atoms with E-state index in [9.17, 15) is 4.79 Å². The Kier molecular flexibility index (Phi) is 8.15. The summed E-state index contributed by atoms with van der Waals surface area (Å²) in [5, 5.41) is 10.7. The molecule has 2 rings (SSSR count). The van der Waals surface area contributed by atoms with Crippen LogP contribution in [0.2, 0.25) is 0 Å². The predicted molar refractivity (Wildman–Crippen MR) is 104 cm³/mol. The van der Waals surface area contributed by atoms with Gasteiger partial charge in [-0.2, -0.15) is 0 Å². The van der Waals surface area contributed by atoms with E-state index in [0.29, 0.717) is 12.0 Å². The third-order valence-corrected chi connectivity index (χ3v) is 4.56. The van der Waals surface area contributed by atoms with Crippen molar-refractivity contribution in [1.29, 1.82) is 5.41 Å². The average Bonchev–Trinajstić information content (AvgIpc) is 2.90. The van der Waals surface area contributed by atoms with Crippen LogP contribution in [0.15, 0.2) is 36.2 Å². The summed E-state index contributed by atoms with van der Waals surface area (Å²) >= 11 is 0. The van der Waals surface area contributed by atoms with Crippen molar-refractivity contribution in [2.24, 2.45) is 5.73 Å². The molecule has 0 unspecified atom stereocenters. The number of hydrogen-bond acceptors (Lipinski definition) is 5. The van der Waals surface area contributed by atoms with E-state index < -0.39 is 0 Å². The molecule has 1 aliphatic heterocycles. The number of nitrogens with one attached hydrogen (secondary N) is 2. The summed E-state index contributed by atoms with van der Waals surface area (Å²) in [4.78, 5) is 14.5. The minimum absolute atomic E-state index is 0.101. The minimum Gasteiger partial charge on any atom is -0.497 e. The second kappa shape index (κ2) is 10.6. The Labute approximate surface area is 155 Å². The van der Waals surface area contributed by atoms with E-state index in [1.165, 1.54) is 31.8 Å². The third kappa shape index (κ3) is 6.88. The smallest absolute Gasteiger partial charge is 0.225 e. The largest absolute Gasteiger partial charge is 0.497 e. The van der Waals surface area contributed by atoms with E-state index in [0.717, 1.165) is 31.8 Å². The molecule has 0 aliphatic carbocycles. The molecule has 0 bridgehead atoms. The second-order valence-corrected chi connectivity index (χ2v) is 6.65. The quantitative estimate of drug-likeness (QED) is 0.623. The molecule has 0 aromatic heterocycles. The highest BCUT2D eigenvalue weighted by atomic mass is 16.5. The van der Waals surface area contributed by atoms with E-state index >= 15 is 0 Å². The number of nitrogens with zero attached hydrogens (tertiary/aromatic N) is 1. The molecule has 0 spiro atoms.